The normalized spacial score (nSPS) is 17.0. The zero-order chi connectivity index (χ0) is 46.6. The van der Waals surface area contributed by atoms with Crippen LogP contribution in [0.2, 0.25) is 19.6 Å². The molecule has 2 aliphatic heterocycles. The molecule has 6 aromatic rings. The third-order valence-electron chi connectivity index (χ3n) is 15.3. The summed E-state index contributed by atoms with van der Waals surface area (Å²) in [5, 5.41) is 2.67. The molecular weight excluding hydrogens is 792 g/mol. The van der Waals surface area contributed by atoms with Crippen molar-refractivity contribution in [3.05, 3.63) is 118 Å². The molecule has 5 heteroatoms. The molecule has 5 aromatic carbocycles. The zero-order valence-electron chi connectivity index (χ0n) is 42.9. The van der Waals surface area contributed by atoms with E-state index in [2.05, 4.69) is 225 Å². The van der Waals surface area contributed by atoms with Gasteiger partial charge in [0, 0.05) is 33.8 Å². The Morgan fingerprint density at radius 1 is 0.531 bits per heavy atom. The molecule has 1 aromatic heterocycles. The van der Waals surface area contributed by atoms with E-state index in [-0.39, 0.29) is 39.2 Å². The SMILES string of the molecule is CC(C)(C)c1ccc(N2c3cc([Si](C)(C)C)cc4c3B(c3cc(C(C)(C)C)ccc3N4c3ccc(C(C)(C)C)cc3C(C)(C)C)c3oc4cc5c(cc4c32)C(C)(C)CCC5(C)C)cc1. The minimum Gasteiger partial charge on any atom is -0.468 e. The number of furan rings is 1. The van der Waals surface area contributed by atoms with E-state index in [9.17, 15) is 0 Å². The quantitative estimate of drug-likeness (QED) is 0.165. The lowest BCUT2D eigenvalue weighted by atomic mass is 9.35. The first kappa shape index (κ1) is 44.7. The van der Waals surface area contributed by atoms with Gasteiger partial charge >= 0.3 is 0 Å². The molecule has 3 aliphatic rings. The van der Waals surface area contributed by atoms with Gasteiger partial charge in [-0.15, -0.1) is 0 Å². The molecular formula is C59H75BN2OSi. The predicted molar refractivity (Wildman–Crippen MR) is 283 cm³/mol. The zero-order valence-corrected chi connectivity index (χ0v) is 43.9. The lowest BCUT2D eigenvalue weighted by Gasteiger charge is -2.45. The van der Waals surface area contributed by atoms with E-state index in [0.717, 1.165) is 24.1 Å². The molecule has 0 fully saturated rings. The van der Waals surface area contributed by atoms with Gasteiger partial charge in [-0.05, 0) is 138 Å². The summed E-state index contributed by atoms with van der Waals surface area (Å²) in [7, 11) is -1.90. The van der Waals surface area contributed by atoms with Crippen LogP contribution in [0.3, 0.4) is 0 Å². The maximum absolute atomic E-state index is 7.60. The van der Waals surface area contributed by atoms with Crippen LogP contribution in [-0.4, -0.2) is 14.8 Å². The first-order valence-corrected chi connectivity index (χ1v) is 27.7. The smallest absolute Gasteiger partial charge is 0.297 e. The third-order valence-corrected chi connectivity index (χ3v) is 17.3. The van der Waals surface area contributed by atoms with Crippen molar-refractivity contribution < 1.29 is 4.42 Å². The number of benzene rings is 5. The van der Waals surface area contributed by atoms with Gasteiger partial charge in [0.2, 0.25) is 0 Å². The van der Waals surface area contributed by atoms with Gasteiger partial charge in [-0.2, -0.15) is 0 Å². The molecule has 0 radical (unpaired) electrons. The van der Waals surface area contributed by atoms with Gasteiger partial charge in [-0.25, -0.2) is 0 Å². The minimum absolute atomic E-state index is 0.0202. The van der Waals surface area contributed by atoms with Gasteiger partial charge in [-0.1, -0.05) is 172 Å². The van der Waals surface area contributed by atoms with Crippen molar-refractivity contribution in [2.45, 2.75) is 176 Å². The van der Waals surface area contributed by atoms with Crippen molar-refractivity contribution in [1.29, 1.82) is 0 Å². The molecule has 0 spiro atoms. The Morgan fingerprint density at radius 3 is 1.56 bits per heavy atom. The summed E-state index contributed by atoms with van der Waals surface area (Å²) < 4.78 is 7.60. The van der Waals surface area contributed by atoms with Crippen molar-refractivity contribution in [2.75, 3.05) is 9.80 Å². The highest BCUT2D eigenvalue weighted by molar-refractivity contribution is 7.00. The summed E-state index contributed by atoms with van der Waals surface area (Å²) >= 11 is 0. The first-order valence-electron chi connectivity index (χ1n) is 24.2. The summed E-state index contributed by atoms with van der Waals surface area (Å²) in [5.74, 6) is 0. The van der Waals surface area contributed by atoms with Crippen LogP contribution in [0.5, 0.6) is 0 Å². The predicted octanol–water partition coefficient (Wildman–Crippen LogP) is 14.6. The van der Waals surface area contributed by atoms with Crippen LogP contribution < -0.4 is 31.6 Å². The lowest BCUT2D eigenvalue weighted by Crippen LogP contribution is -2.62. The number of nitrogens with zero attached hydrogens (tertiary/aromatic N) is 2. The molecule has 1 aliphatic carbocycles. The Bertz CT molecular complexity index is 2860. The topological polar surface area (TPSA) is 19.6 Å². The number of anilines is 6. The molecule has 0 unspecified atom stereocenters. The van der Waals surface area contributed by atoms with Crippen LogP contribution in [0.25, 0.3) is 11.0 Å². The van der Waals surface area contributed by atoms with Crippen LogP contribution in [0.1, 0.15) is 157 Å². The Balaban J connectivity index is 1.46. The third kappa shape index (κ3) is 7.13. The molecule has 3 nitrogen and oxygen atoms in total. The van der Waals surface area contributed by atoms with E-state index in [4.69, 9.17) is 4.42 Å². The lowest BCUT2D eigenvalue weighted by molar-refractivity contribution is 0.332. The van der Waals surface area contributed by atoms with E-state index < -0.39 is 8.07 Å². The molecule has 0 bridgehead atoms. The van der Waals surface area contributed by atoms with E-state index >= 15 is 0 Å². The number of hydrogen-bond donors (Lipinski definition) is 0. The molecule has 0 saturated heterocycles. The summed E-state index contributed by atoms with van der Waals surface area (Å²) in [6, 6.07) is 34.3. The summed E-state index contributed by atoms with van der Waals surface area (Å²) in [6.07, 6.45) is 2.32. The van der Waals surface area contributed by atoms with Gasteiger partial charge in [0.05, 0.1) is 19.4 Å². The molecule has 0 N–H and O–H groups in total. The minimum atomic E-state index is -1.90. The van der Waals surface area contributed by atoms with Crippen molar-refractivity contribution in [1.82, 2.24) is 0 Å². The molecule has 9 rings (SSSR count). The van der Waals surface area contributed by atoms with Crippen LogP contribution in [0.4, 0.5) is 34.1 Å². The number of rotatable bonds is 3. The highest BCUT2D eigenvalue weighted by Crippen LogP contribution is 2.52. The fourth-order valence-electron chi connectivity index (χ4n) is 10.9. The summed E-state index contributed by atoms with van der Waals surface area (Å²) in [6.45, 7) is 45.3. The highest BCUT2D eigenvalue weighted by atomic mass is 28.3. The molecule has 64 heavy (non-hydrogen) atoms. The second kappa shape index (κ2) is 14.0. The monoisotopic (exact) mass is 867 g/mol. The Kier molecular flexibility index (Phi) is 9.79. The number of hydrogen-bond acceptors (Lipinski definition) is 3. The largest absolute Gasteiger partial charge is 0.468 e. The first-order chi connectivity index (χ1) is 29.4. The Morgan fingerprint density at radius 2 is 1.03 bits per heavy atom. The summed E-state index contributed by atoms with van der Waals surface area (Å²) in [4.78, 5) is 5.27. The van der Waals surface area contributed by atoms with Crippen molar-refractivity contribution >= 4 is 81.7 Å². The van der Waals surface area contributed by atoms with Crippen molar-refractivity contribution in [3.8, 4) is 0 Å². The van der Waals surface area contributed by atoms with E-state index in [0.29, 0.717) is 0 Å². The fourth-order valence-corrected chi connectivity index (χ4v) is 12.0. The van der Waals surface area contributed by atoms with Crippen molar-refractivity contribution in [3.63, 3.8) is 0 Å². The van der Waals surface area contributed by atoms with Crippen LogP contribution >= 0.6 is 0 Å². The second-order valence-electron chi connectivity index (χ2n) is 26.3. The highest BCUT2D eigenvalue weighted by Gasteiger charge is 2.49. The molecule has 0 saturated carbocycles. The van der Waals surface area contributed by atoms with E-state index in [1.165, 1.54) is 89.0 Å². The average molecular weight is 867 g/mol. The molecule has 334 valence electrons. The van der Waals surface area contributed by atoms with E-state index in [1.54, 1.807) is 0 Å². The Hall–Kier alpha value is -4.48. The Labute approximate surface area is 388 Å². The van der Waals surface area contributed by atoms with Gasteiger partial charge in [0.15, 0.2) is 0 Å². The van der Waals surface area contributed by atoms with Gasteiger partial charge in [0.1, 0.15) is 5.58 Å². The fraction of sp³-hybridized carbons (Fsp3) is 0.458. The summed E-state index contributed by atoms with van der Waals surface area (Å²) in [5.41, 5.74) is 20.4. The van der Waals surface area contributed by atoms with Gasteiger partial charge in [0.25, 0.3) is 6.71 Å². The average Bonchev–Trinajstić information content (AvgIpc) is 3.55. The maximum atomic E-state index is 7.60. The number of fused-ring (bicyclic) bond motifs is 7. The maximum Gasteiger partial charge on any atom is 0.297 e. The molecule has 0 amide bonds. The second-order valence-corrected chi connectivity index (χ2v) is 31.4. The van der Waals surface area contributed by atoms with Gasteiger partial charge in [-0.3, -0.25) is 0 Å². The van der Waals surface area contributed by atoms with Crippen LogP contribution in [-0.2, 0) is 32.5 Å². The van der Waals surface area contributed by atoms with Gasteiger partial charge < -0.3 is 14.2 Å². The van der Waals surface area contributed by atoms with E-state index in [1.807, 2.05) is 0 Å². The molecule has 0 atom stereocenters. The van der Waals surface area contributed by atoms with Crippen LogP contribution in [0, 0.1) is 0 Å². The standard InChI is InChI=1S/C59H75BN2OSi/c1-54(2,3)36-20-24-39(25-21-36)61-48-32-40(64(17,18)19)33-49-51(48)60(53-52(61)41-34-42-43(35-50(41)63-53)59(15,16)29-28-58(42,13)14)45-31-38(56(7,8)9)23-27-47(45)62(49)46-26-22-37(55(4,5)6)30-44(46)57(10,11)12/h20-27,30-35H,28-29H2,1-19H3. The molecule has 3 heterocycles. The van der Waals surface area contributed by atoms with Crippen LogP contribution in [0.15, 0.2) is 89.3 Å². The van der Waals surface area contributed by atoms with Crippen molar-refractivity contribution in [2.24, 2.45) is 0 Å².